The SMILES string of the molecule is O=C(Nc1ccc(C(=O)NCc2ccccc2)cc1)N[C@@H]1CCS(=O)(=O)C1. The monoisotopic (exact) mass is 387 g/mol. The molecule has 1 fully saturated rings. The highest BCUT2D eigenvalue weighted by Gasteiger charge is 2.28. The minimum Gasteiger partial charge on any atom is -0.348 e. The van der Waals surface area contributed by atoms with Crippen molar-refractivity contribution in [1.29, 1.82) is 0 Å². The van der Waals surface area contributed by atoms with Gasteiger partial charge in [0.05, 0.1) is 11.5 Å². The summed E-state index contributed by atoms with van der Waals surface area (Å²) in [5, 5.41) is 8.13. The van der Waals surface area contributed by atoms with Crippen molar-refractivity contribution in [3.8, 4) is 0 Å². The van der Waals surface area contributed by atoms with Crippen LogP contribution in [0.2, 0.25) is 0 Å². The van der Waals surface area contributed by atoms with Crippen LogP contribution in [0.4, 0.5) is 10.5 Å². The van der Waals surface area contributed by atoms with Crippen LogP contribution in [0.5, 0.6) is 0 Å². The lowest BCUT2D eigenvalue weighted by atomic mass is 10.1. The fraction of sp³-hybridized carbons (Fsp3) is 0.263. The van der Waals surface area contributed by atoms with Crippen molar-refractivity contribution in [1.82, 2.24) is 10.6 Å². The second kappa shape index (κ2) is 8.22. The number of carbonyl (C=O) groups excluding carboxylic acids is 2. The van der Waals surface area contributed by atoms with Crippen molar-refractivity contribution < 1.29 is 18.0 Å². The van der Waals surface area contributed by atoms with E-state index in [-0.39, 0.29) is 23.5 Å². The smallest absolute Gasteiger partial charge is 0.319 e. The number of carbonyl (C=O) groups is 2. The van der Waals surface area contributed by atoms with E-state index in [9.17, 15) is 18.0 Å². The summed E-state index contributed by atoms with van der Waals surface area (Å²) < 4.78 is 22.8. The number of hydrogen-bond donors (Lipinski definition) is 3. The second-order valence-electron chi connectivity index (χ2n) is 6.44. The van der Waals surface area contributed by atoms with Gasteiger partial charge in [0.2, 0.25) is 0 Å². The van der Waals surface area contributed by atoms with E-state index in [4.69, 9.17) is 0 Å². The quantitative estimate of drug-likeness (QED) is 0.729. The number of nitrogens with one attached hydrogen (secondary N) is 3. The largest absolute Gasteiger partial charge is 0.348 e. The summed E-state index contributed by atoms with van der Waals surface area (Å²) >= 11 is 0. The molecular formula is C19H21N3O4S. The van der Waals surface area contributed by atoms with Crippen molar-refractivity contribution >= 4 is 27.5 Å². The molecular weight excluding hydrogens is 366 g/mol. The number of anilines is 1. The average Bonchev–Trinajstić information content (AvgIpc) is 2.99. The molecule has 0 aliphatic carbocycles. The van der Waals surface area contributed by atoms with Crippen LogP contribution < -0.4 is 16.0 Å². The molecule has 7 nitrogen and oxygen atoms in total. The Bertz CT molecular complexity index is 912. The lowest BCUT2D eigenvalue weighted by molar-refractivity contribution is 0.0951. The van der Waals surface area contributed by atoms with Crippen molar-refractivity contribution in [2.24, 2.45) is 0 Å². The molecule has 27 heavy (non-hydrogen) atoms. The highest BCUT2D eigenvalue weighted by Crippen LogP contribution is 2.13. The Labute approximate surface area is 158 Å². The van der Waals surface area contributed by atoms with E-state index in [2.05, 4.69) is 16.0 Å². The first kappa shape index (κ1) is 18.9. The van der Waals surface area contributed by atoms with Crippen LogP contribution in [0.25, 0.3) is 0 Å². The normalized spacial score (nSPS) is 17.9. The van der Waals surface area contributed by atoms with Gasteiger partial charge in [0.1, 0.15) is 0 Å². The number of benzene rings is 2. The zero-order chi connectivity index (χ0) is 19.3. The molecule has 2 aromatic rings. The van der Waals surface area contributed by atoms with Crippen molar-refractivity contribution in [2.45, 2.75) is 19.0 Å². The molecule has 0 radical (unpaired) electrons. The summed E-state index contributed by atoms with van der Waals surface area (Å²) in [7, 11) is -3.04. The van der Waals surface area contributed by atoms with Gasteiger partial charge in [0.25, 0.3) is 5.91 Å². The van der Waals surface area contributed by atoms with E-state index in [0.29, 0.717) is 24.2 Å². The van der Waals surface area contributed by atoms with Crippen molar-refractivity contribution in [2.75, 3.05) is 16.8 Å². The first-order chi connectivity index (χ1) is 12.9. The highest BCUT2D eigenvalue weighted by molar-refractivity contribution is 7.91. The first-order valence-corrected chi connectivity index (χ1v) is 10.4. The Kier molecular flexibility index (Phi) is 5.75. The molecule has 1 saturated heterocycles. The third-order valence-corrected chi connectivity index (χ3v) is 6.04. The number of sulfone groups is 1. The maximum atomic E-state index is 12.2. The molecule has 2 aromatic carbocycles. The molecule has 0 spiro atoms. The minimum atomic E-state index is -3.04. The molecule has 8 heteroatoms. The van der Waals surface area contributed by atoms with E-state index in [1.165, 1.54) is 0 Å². The van der Waals surface area contributed by atoms with E-state index in [1.807, 2.05) is 30.3 Å². The predicted molar refractivity (Wildman–Crippen MR) is 103 cm³/mol. The summed E-state index contributed by atoms with van der Waals surface area (Å²) in [5.74, 6) is -0.128. The van der Waals surface area contributed by atoms with Gasteiger partial charge in [-0.15, -0.1) is 0 Å². The maximum absolute atomic E-state index is 12.2. The van der Waals surface area contributed by atoms with Crippen LogP contribution in [-0.4, -0.2) is 37.9 Å². The topological polar surface area (TPSA) is 104 Å². The summed E-state index contributed by atoms with van der Waals surface area (Å²) in [4.78, 5) is 24.1. The van der Waals surface area contributed by atoms with Gasteiger partial charge in [-0.2, -0.15) is 0 Å². The third-order valence-electron chi connectivity index (χ3n) is 4.27. The molecule has 1 aliphatic heterocycles. The number of urea groups is 1. The summed E-state index contributed by atoms with van der Waals surface area (Å²) in [5.41, 5.74) is 2.02. The van der Waals surface area contributed by atoms with Crippen LogP contribution >= 0.6 is 0 Å². The number of hydrogen-bond acceptors (Lipinski definition) is 4. The molecule has 3 rings (SSSR count). The molecule has 0 unspecified atom stereocenters. The van der Waals surface area contributed by atoms with Gasteiger partial charge in [-0.1, -0.05) is 30.3 Å². The van der Waals surface area contributed by atoms with E-state index >= 15 is 0 Å². The van der Waals surface area contributed by atoms with Gasteiger partial charge >= 0.3 is 6.03 Å². The predicted octanol–water partition coefficient (Wildman–Crippen LogP) is 1.93. The fourth-order valence-electron chi connectivity index (χ4n) is 2.85. The van der Waals surface area contributed by atoms with Crippen LogP contribution in [0, 0.1) is 0 Å². The van der Waals surface area contributed by atoms with Gasteiger partial charge in [0, 0.05) is 23.8 Å². The van der Waals surface area contributed by atoms with E-state index < -0.39 is 15.9 Å². The van der Waals surface area contributed by atoms with Gasteiger partial charge in [-0.05, 0) is 36.2 Å². The summed E-state index contributed by atoms with van der Waals surface area (Å²) in [6, 6.07) is 15.3. The highest BCUT2D eigenvalue weighted by atomic mass is 32.2. The van der Waals surface area contributed by atoms with E-state index in [1.54, 1.807) is 24.3 Å². The zero-order valence-electron chi connectivity index (χ0n) is 14.6. The van der Waals surface area contributed by atoms with Crippen LogP contribution in [0.15, 0.2) is 54.6 Å². The van der Waals surface area contributed by atoms with Gasteiger partial charge in [-0.25, -0.2) is 13.2 Å². The van der Waals surface area contributed by atoms with Crippen molar-refractivity contribution in [3.63, 3.8) is 0 Å². The summed E-state index contributed by atoms with van der Waals surface area (Å²) in [6.07, 6.45) is 0.427. The number of amides is 3. The maximum Gasteiger partial charge on any atom is 0.319 e. The lowest BCUT2D eigenvalue weighted by Gasteiger charge is -2.12. The fourth-order valence-corrected chi connectivity index (χ4v) is 4.52. The van der Waals surface area contributed by atoms with Crippen LogP contribution in [0.1, 0.15) is 22.3 Å². The third kappa shape index (κ3) is 5.55. The molecule has 1 heterocycles. The van der Waals surface area contributed by atoms with Crippen LogP contribution in [-0.2, 0) is 16.4 Å². The molecule has 0 aromatic heterocycles. The standard InChI is InChI=1S/C19H21N3O4S/c23-18(20-12-14-4-2-1-3-5-14)15-6-8-16(9-7-15)21-19(24)22-17-10-11-27(25,26)13-17/h1-9,17H,10-13H2,(H,20,23)(H2,21,22,24)/t17-/m1/s1. The lowest BCUT2D eigenvalue weighted by Crippen LogP contribution is -2.38. The zero-order valence-corrected chi connectivity index (χ0v) is 15.5. The Morgan fingerprint density at radius 1 is 1.00 bits per heavy atom. The van der Waals surface area contributed by atoms with Crippen LogP contribution in [0.3, 0.4) is 0 Å². The van der Waals surface area contributed by atoms with Gasteiger partial charge < -0.3 is 16.0 Å². The molecule has 3 amide bonds. The molecule has 1 aliphatic rings. The molecule has 3 N–H and O–H groups in total. The molecule has 1 atom stereocenters. The summed E-state index contributed by atoms with van der Waals surface area (Å²) in [6.45, 7) is 0.437. The Morgan fingerprint density at radius 3 is 2.33 bits per heavy atom. The Morgan fingerprint density at radius 2 is 1.70 bits per heavy atom. The molecule has 142 valence electrons. The molecule has 0 saturated carbocycles. The Balaban J connectivity index is 1.49. The van der Waals surface area contributed by atoms with Gasteiger partial charge in [0.15, 0.2) is 9.84 Å². The van der Waals surface area contributed by atoms with Crippen molar-refractivity contribution in [3.05, 3.63) is 65.7 Å². The minimum absolute atomic E-state index is 0.0268. The first-order valence-electron chi connectivity index (χ1n) is 8.61. The second-order valence-corrected chi connectivity index (χ2v) is 8.67. The number of rotatable bonds is 5. The average molecular weight is 387 g/mol. The molecule has 0 bridgehead atoms. The van der Waals surface area contributed by atoms with E-state index in [0.717, 1.165) is 5.56 Å². The van der Waals surface area contributed by atoms with Gasteiger partial charge in [-0.3, -0.25) is 4.79 Å². The Hall–Kier alpha value is -2.87.